The number of rotatable bonds is 1. The molecule has 0 fully saturated rings. The molecule has 0 aliphatic rings. The third-order valence-electron chi connectivity index (χ3n) is 1.86. The number of hydrogen-bond donors (Lipinski definition) is 2. The van der Waals surface area contributed by atoms with Gasteiger partial charge in [0.2, 0.25) is 0 Å². The van der Waals surface area contributed by atoms with Crippen LogP contribution in [0.2, 0.25) is 0 Å². The highest BCUT2D eigenvalue weighted by Crippen LogP contribution is 2.23. The largest absolute Gasteiger partial charge is 0.397 e. The quantitative estimate of drug-likeness (QED) is 0.648. The standard InChI is InChI=1S/C8H8FN5/c9-7-6(14-4-12-3-13-14)2-1-5(10)8(7)11/h1-4H,10-11H2. The average Bonchev–Trinajstić information content (AvgIpc) is 2.67. The minimum absolute atomic E-state index is 0.0713. The van der Waals surface area contributed by atoms with Gasteiger partial charge in [0.15, 0.2) is 5.82 Å². The van der Waals surface area contributed by atoms with Gasteiger partial charge < -0.3 is 11.5 Å². The molecule has 4 N–H and O–H groups in total. The molecule has 72 valence electrons. The molecule has 6 heteroatoms. The Morgan fingerprint density at radius 3 is 2.71 bits per heavy atom. The van der Waals surface area contributed by atoms with Crippen molar-refractivity contribution in [1.29, 1.82) is 0 Å². The van der Waals surface area contributed by atoms with Crippen LogP contribution in [-0.2, 0) is 0 Å². The summed E-state index contributed by atoms with van der Waals surface area (Å²) in [6, 6.07) is 3.02. The Labute approximate surface area is 79.2 Å². The highest BCUT2D eigenvalue weighted by molar-refractivity contribution is 5.67. The number of halogens is 1. The van der Waals surface area contributed by atoms with E-state index < -0.39 is 5.82 Å². The average molecular weight is 193 g/mol. The fraction of sp³-hybridized carbons (Fsp3) is 0. The lowest BCUT2D eigenvalue weighted by atomic mass is 10.2. The number of benzene rings is 1. The summed E-state index contributed by atoms with van der Waals surface area (Å²) in [5.74, 6) is -0.587. The summed E-state index contributed by atoms with van der Waals surface area (Å²) in [5, 5.41) is 3.79. The number of nitrogens with zero attached hydrogens (tertiary/aromatic N) is 3. The van der Waals surface area contributed by atoms with Crippen LogP contribution in [0.15, 0.2) is 24.8 Å². The molecule has 0 radical (unpaired) electrons. The van der Waals surface area contributed by atoms with Gasteiger partial charge >= 0.3 is 0 Å². The number of anilines is 2. The molecule has 0 amide bonds. The second-order valence-corrected chi connectivity index (χ2v) is 2.74. The van der Waals surface area contributed by atoms with Gasteiger partial charge in [-0.15, -0.1) is 0 Å². The van der Waals surface area contributed by atoms with Crippen LogP contribution in [0.3, 0.4) is 0 Å². The number of nitrogens with two attached hydrogens (primary N) is 2. The molecule has 5 nitrogen and oxygen atoms in total. The molecule has 0 saturated heterocycles. The molecule has 2 aromatic rings. The molecule has 0 bridgehead atoms. The zero-order valence-electron chi connectivity index (χ0n) is 7.18. The van der Waals surface area contributed by atoms with Crippen LogP contribution >= 0.6 is 0 Å². The summed E-state index contributed by atoms with van der Waals surface area (Å²) < 4.78 is 14.8. The lowest BCUT2D eigenvalue weighted by molar-refractivity contribution is 0.616. The van der Waals surface area contributed by atoms with Crippen LogP contribution < -0.4 is 11.5 Å². The number of nitrogen functional groups attached to an aromatic ring is 2. The smallest absolute Gasteiger partial charge is 0.173 e. The van der Waals surface area contributed by atoms with Crippen molar-refractivity contribution in [3.05, 3.63) is 30.6 Å². The first-order valence-electron chi connectivity index (χ1n) is 3.88. The molecule has 0 atom stereocenters. The fourth-order valence-electron chi connectivity index (χ4n) is 1.11. The van der Waals surface area contributed by atoms with Crippen LogP contribution in [0, 0.1) is 5.82 Å². The molecule has 0 aliphatic carbocycles. The molecule has 0 spiro atoms. The van der Waals surface area contributed by atoms with E-state index in [1.165, 1.54) is 29.5 Å². The van der Waals surface area contributed by atoms with Crippen LogP contribution in [0.25, 0.3) is 5.69 Å². The van der Waals surface area contributed by atoms with Crippen molar-refractivity contribution < 1.29 is 4.39 Å². The summed E-state index contributed by atoms with van der Waals surface area (Å²) in [4.78, 5) is 3.70. The monoisotopic (exact) mass is 193 g/mol. The summed E-state index contributed by atoms with van der Waals surface area (Å²) in [7, 11) is 0. The summed E-state index contributed by atoms with van der Waals surface area (Å²) in [6.07, 6.45) is 2.69. The zero-order chi connectivity index (χ0) is 10.1. The SMILES string of the molecule is Nc1ccc(-n2cncn2)c(F)c1N. The molecule has 1 aromatic heterocycles. The fourth-order valence-corrected chi connectivity index (χ4v) is 1.11. The van der Waals surface area contributed by atoms with Crippen LogP contribution in [0.5, 0.6) is 0 Å². The lowest BCUT2D eigenvalue weighted by Crippen LogP contribution is -2.04. The minimum atomic E-state index is -0.587. The Balaban J connectivity index is 2.61. The lowest BCUT2D eigenvalue weighted by Gasteiger charge is -2.06. The van der Waals surface area contributed by atoms with Crippen LogP contribution in [0.4, 0.5) is 15.8 Å². The predicted molar refractivity (Wildman–Crippen MR) is 50.1 cm³/mol. The van der Waals surface area contributed by atoms with Gasteiger partial charge in [-0.25, -0.2) is 14.1 Å². The second kappa shape index (κ2) is 2.99. The van der Waals surface area contributed by atoms with Crippen molar-refractivity contribution in [1.82, 2.24) is 14.8 Å². The first-order valence-corrected chi connectivity index (χ1v) is 3.88. The Bertz CT molecular complexity index is 451. The van der Waals surface area contributed by atoms with E-state index in [0.717, 1.165) is 0 Å². The highest BCUT2D eigenvalue weighted by atomic mass is 19.1. The van der Waals surface area contributed by atoms with E-state index >= 15 is 0 Å². The first kappa shape index (κ1) is 8.49. The van der Waals surface area contributed by atoms with E-state index in [1.807, 2.05) is 0 Å². The van der Waals surface area contributed by atoms with E-state index in [2.05, 4.69) is 10.1 Å². The second-order valence-electron chi connectivity index (χ2n) is 2.74. The Kier molecular flexibility index (Phi) is 1.81. The van der Waals surface area contributed by atoms with Gasteiger partial charge in [0.1, 0.15) is 18.3 Å². The normalized spacial score (nSPS) is 10.4. The van der Waals surface area contributed by atoms with E-state index in [-0.39, 0.29) is 17.1 Å². The molecule has 0 unspecified atom stereocenters. The van der Waals surface area contributed by atoms with Crippen molar-refractivity contribution >= 4 is 11.4 Å². The van der Waals surface area contributed by atoms with Crippen molar-refractivity contribution in [3.63, 3.8) is 0 Å². The van der Waals surface area contributed by atoms with Crippen molar-refractivity contribution in [2.24, 2.45) is 0 Å². The third kappa shape index (κ3) is 1.17. The molecular weight excluding hydrogens is 185 g/mol. The van der Waals surface area contributed by atoms with E-state index in [9.17, 15) is 4.39 Å². The third-order valence-corrected chi connectivity index (χ3v) is 1.86. The maximum Gasteiger partial charge on any atom is 0.173 e. The molecule has 2 rings (SSSR count). The molecular formula is C8H8FN5. The van der Waals surface area contributed by atoms with Gasteiger partial charge in [0, 0.05) is 0 Å². The topological polar surface area (TPSA) is 82.8 Å². The Morgan fingerprint density at radius 1 is 1.29 bits per heavy atom. The summed E-state index contributed by atoms with van der Waals surface area (Å²) >= 11 is 0. The highest BCUT2D eigenvalue weighted by Gasteiger charge is 2.10. The zero-order valence-corrected chi connectivity index (χ0v) is 7.18. The summed E-state index contributed by atoms with van der Waals surface area (Å²) in [5.41, 5.74) is 11.2. The van der Waals surface area contributed by atoms with Gasteiger partial charge in [-0.05, 0) is 12.1 Å². The van der Waals surface area contributed by atoms with Gasteiger partial charge in [0.25, 0.3) is 0 Å². The Hall–Kier alpha value is -2.11. The van der Waals surface area contributed by atoms with Crippen molar-refractivity contribution in [2.45, 2.75) is 0 Å². The number of hydrogen-bond acceptors (Lipinski definition) is 4. The van der Waals surface area contributed by atoms with Crippen LogP contribution in [-0.4, -0.2) is 14.8 Å². The van der Waals surface area contributed by atoms with E-state index in [4.69, 9.17) is 11.5 Å². The Morgan fingerprint density at radius 2 is 2.07 bits per heavy atom. The minimum Gasteiger partial charge on any atom is -0.397 e. The van der Waals surface area contributed by atoms with Gasteiger partial charge in [-0.1, -0.05) is 0 Å². The van der Waals surface area contributed by atoms with Gasteiger partial charge in [0.05, 0.1) is 11.4 Å². The van der Waals surface area contributed by atoms with E-state index in [1.54, 1.807) is 0 Å². The summed E-state index contributed by atoms with van der Waals surface area (Å²) in [6.45, 7) is 0. The van der Waals surface area contributed by atoms with Gasteiger partial charge in [-0.3, -0.25) is 0 Å². The number of aromatic nitrogens is 3. The first-order chi connectivity index (χ1) is 6.70. The van der Waals surface area contributed by atoms with E-state index in [0.29, 0.717) is 0 Å². The maximum atomic E-state index is 13.5. The maximum absolute atomic E-state index is 13.5. The molecule has 0 aliphatic heterocycles. The van der Waals surface area contributed by atoms with Crippen LogP contribution in [0.1, 0.15) is 0 Å². The predicted octanol–water partition coefficient (Wildman–Crippen LogP) is 0.571. The van der Waals surface area contributed by atoms with Crippen molar-refractivity contribution in [2.75, 3.05) is 11.5 Å². The van der Waals surface area contributed by atoms with Gasteiger partial charge in [-0.2, -0.15) is 5.10 Å². The molecule has 0 saturated carbocycles. The molecule has 14 heavy (non-hydrogen) atoms. The van der Waals surface area contributed by atoms with Crippen molar-refractivity contribution in [3.8, 4) is 5.69 Å². The molecule has 1 aromatic carbocycles. The molecule has 1 heterocycles.